The molecule has 7 heteroatoms. The summed E-state index contributed by atoms with van der Waals surface area (Å²) in [6.45, 7) is 5.38. The third kappa shape index (κ3) is 3.59. The molecule has 0 saturated carbocycles. The molecular formula is C19H18F2N2O2S. The first kappa shape index (κ1) is 18.4. The molecule has 1 aromatic heterocycles. The van der Waals surface area contributed by atoms with Gasteiger partial charge in [0.25, 0.3) is 5.91 Å². The summed E-state index contributed by atoms with van der Waals surface area (Å²) in [6, 6.07) is 9.12. The van der Waals surface area contributed by atoms with Crippen LogP contribution in [0.3, 0.4) is 0 Å². The Hall–Kier alpha value is -2.38. The van der Waals surface area contributed by atoms with Gasteiger partial charge in [0, 0.05) is 13.2 Å². The number of aromatic nitrogens is 1. The van der Waals surface area contributed by atoms with Crippen LogP contribution in [0, 0.1) is 18.6 Å². The zero-order valence-corrected chi connectivity index (χ0v) is 15.3. The number of halogens is 2. The lowest BCUT2D eigenvalue weighted by atomic mass is 10.2. The molecule has 0 spiro atoms. The van der Waals surface area contributed by atoms with E-state index in [4.69, 9.17) is 4.74 Å². The Labute approximate surface area is 153 Å². The number of thiazole rings is 1. The minimum atomic E-state index is -0.935. The monoisotopic (exact) mass is 376 g/mol. The number of fused-ring (bicyclic) bond motifs is 1. The molecule has 0 radical (unpaired) electrons. The van der Waals surface area contributed by atoms with Crippen molar-refractivity contribution < 1.29 is 18.3 Å². The van der Waals surface area contributed by atoms with Crippen molar-refractivity contribution in [3.8, 4) is 0 Å². The van der Waals surface area contributed by atoms with Gasteiger partial charge in [-0.05, 0) is 37.6 Å². The number of nitrogens with zero attached hydrogens (tertiary/aromatic N) is 2. The lowest BCUT2D eigenvalue weighted by molar-refractivity contribution is 0.0988. The fraction of sp³-hybridized carbons (Fsp3) is 0.263. The maximum Gasteiger partial charge on any atom is 0.285 e. The first-order chi connectivity index (χ1) is 12.5. The molecule has 0 saturated heterocycles. The Balaban J connectivity index is 2.14. The van der Waals surface area contributed by atoms with Crippen LogP contribution in [0.15, 0.2) is 41.4 Å². The predicted molar refractivity (Wildman–Crippen MR) is 97.3 cm³/mol. The average Bonchev–Trinajstić information content (AvgIpc) is 2.93. The Morgan fingerprint density at radius 3 is 2.58 bits per heavy atom. The molecule has 3 aromatic rings. The topological polar surface area (TPSA) is 43.6 Å². The molecule has 2 aromatic carbocycles. The van der Waals surface area contributed by atoms with Crippen LogP contribution in [-0.4, -0.2) is 23.7 Å². The molecule has 0 aliphatic carbocycles. The minimum absolute atomic E-state index is 0.390. The van der Waals surface area contributed by atoms with Crippen LogP contribution in [0.1, 0.15) is 22.8 Å². The molecule has 0 atom stereocenters. The third-order valence-electron chi connectivity index (χ3n) is 3.94. The predicted octanol–water partition coefficient (Wildman–Crippen LogP) is 4.07. The Morgan fingerprint density at radius 2 is 1.88 bits per heavy atom. The van der Waals surface area contributed by atoms with Crippen LogP contribution >= 0.6 is 11.3 Å². The van der Waals surface area contributed by atoms with Crippen molar-refractivity contribution in [3.63, 3.8) is 0 Å². The van der Waals surface area contributed by atoms with Crippen LogP contribution in [-0.2, 0) is 11.3 Å². The van der Waals surface area contributed by atoms with Gasteiger partial charge in [-0.1, -0.05) is 29.5 Å². The van der Waals surface area contributed by atoms with E-state index in [1.165, 1.54) is 17.4 Å². The van der Waals surface area contributed by atoms with Crippen LogP contribution in [0.4, 0.5) is 8.78 Å². The normalized spacial score (nSPS) is 12.1. The van der Waals surface area contributed by atoms with E-state index < -0.39 is 23.1 Å². The van der Waals surface area contributed by atoms with Crippen molar-refractivity contribution in [2.75, 3.05) is 13.2 Å². The van der Waals surface area contributed by atoms with Gasteiger partial charge < -0.3 is 9.30 Å². The molecule has 26 heavy (non-hydrogen) atoms. The van der Waals surface area contributed by atoms with Gasteiger partial charge in [-0.3, -0.25) is 4.79 Å². The van der Waals surface area contributed by atoms with Crippen LogP contribution in [0.25, 0.3) is 10.2 Å². The van der Waals surface area contributed by atoms with Crippen molar-refractivity contribution in [3.05, 3.63) is 64.0 Å². The number of benzene rings is 2. The first-order valence-corrected chi connectivity index (χ1v) is 9.04. The molecular weight excluding hydrogens is 358 g/mol. The summed E-state index contributed by atoms with van der Waals surface area (Å²) in [5.74, 6) is -2.77. The average molecular weight is 376 g/mol. The van der Waals surface area contributed by atoms with Gasteiger partial charge in [0.2, 0.25) is 0 Å². The van der Waals surface area contributed by atoms with E-state index in [1.54, 1.807) is 0 Å². The maximum absolute atomic E-state index is 13.9. The van der Waals surface area contributed by atoms with Crippen molar-refractivity contribution in [2.45, 2.75) is 20.4 Å². The van der Waals surface area contributed by atoms with Gasteiger partial charge in [-0.25, -0.2) is 8.78 Å². The largest absolute Gasteiger partial charge is 0.380 e. The quantitative estimate of drug-likeness (QED) is 0.630. The van der Waals surface area contributed by atoms with Gasteiger partial charge in [0.1, 0.15) is 17.2 Å². The van der Waals surface area contributed by atoms with Crippen LogP contribution in [0.5, 0.6) is 0 Å². The van der Waals surface area contributed by atoms with Gasteiger partial charge in [0.05, 0.1) is 16.8 Å². The number of ether oxygens (including phenoxy) is 1. The van der Waals surface area contributed by atoms with E-state index in [0.29, 0.717) is 24.6 Å². The fourth-order valence-corrected chi connectivity index (χ4v) is 3.88. The zero-order chi connectivity index (χ0) is 18.7. The van der Waals surface area contributed by atoms with Crippen LogP contribution < -0.4 is 4.80 Å². The number of rotatable bonds is 5. The van der Waals surface area contributed by atoms with E-state index in [2.05, 4.69) is 4.99 Å². The van der Waals surface area contributed by atoms with E-state index in [9.17, 15) is 13.6 Å². The Morgan fingerprint density at radius 1 is 1.19 bits per heavy atom. The highest BCUT2D eigenvalue weighted by atomic mass is 32.1. The molecule has 3 rings (SSSR count). The molecule has 0 N–H and O–H groups in total. The summed E-state index contributed by atoms with van der Waals surface area (Å²) in [4.78, 5) is 16.8. The number of carbonyl (C=O) groups excluding carboxylic acids is 1. The summed E-state index contributed by atoms with van der Waals surface area (Å²) in [5.41, 5.74) is 1.33. The van der Waals surface area contributed by atoms with Crippen molar-refractivity contribution >= 4 is 27.5 Å². The van der Waals surface area contributed by atoms with Gasteiger partial charge >= 0.3 is 0 Å². The second-order valence-corrected chi connectivity index (χ2v) is 6.68. The van der Waals surface area contributed by atoms with E-state index in [0.717, 1.165) is 27.9 Å². The SMILES string of the molecule is CCOCCn1c(=NC(=O)c2c(F)cccc2F)sc2cccc(C)c21. The van der Waals surface area contributed by atoms with Crippen molar-refractivity contribution in [1.82, 2.24) is 4.57 Å². The number of hydrogen-bond donors (Lipinski definition) is 0. The Bertz CT molecular complexity index is 1000. The maximum atomic E-state index is 13.9. The second kappa shape index (κ2) is 7.88. The molecule has 0 unspecified atom stereocenters. The summed E-state index contributed by atoms with van der Waals surface area (Å²) < 4.78 is 36.0. The van der Waals surface area contributed by atoms with E-state index in [-0.39, 0.29) is 0 Å². The number of hydrogen-bond acceptors (Lipinski definition) is 3. The highest BCUT2D eigenvalue weighted by Crippen LogP contribution is 2.21. The molecule has 136 valence electrons. The zero-order valence-electron chi connectivity index (χ0n) is 14.5. The molecule has 1 amide bonds. The van der Waals surface area contributed by atoms with Crippen molar-refractivity contribution in [1.29, 1.82) is 0 Å². The molecule has 4 nitrogen and oxygen atoms in total. The Kier molecular flexibility index (Phi) is 5.58. The van der Waals surface area contributed by atoms with E-state index >= 15 is 0 Å². The second-order valence-electron chi connectivity index (χ2n) is 5.67. The van der Waals surface area contributed by atoms with Gasteiger partial charge in [-0.15, -0.1) is 0 Å². The molecule has 0 fully saturated rings. The van der Waals surface area contributed by atoms with Gasteiger partial charge in [0.15, 0.2) is 4.80 Å². The van der Waals surface area contributed by atoms with E-state index in [1.807, 2.05) is 36.6 Å². The number of para-hydroxylation sites is 1. The third-order valence-corrected chi connectivity index (χ3v) is 4.98. The van der Waals surface area contributed by atoms with Crippen molar-refractivity contribution in [2.24, 2.45) is 4.99 Å². The molecule has 0 aliphatic rings. The summed E-state index contributed by atoms with van der Waals surface area (Å²) >= 11 is 1.31. The molecule has 1 heterocycles. The molecule has 0 bridgehead atoms. The minimum Gasteiger partial charge on any atom is -0.380 e. The smallest absolute Gasteiger partial charge is 0.285 e. The highest BCUT2D eigenvalue weighted by Gasteiger charge is 2.17. The number of amides is 1. The lowest BCUT2D eigenvalue weighted by Gasteiger charge is -2.07. The summed E-state index contributed by atoms with van der Waals surface area (Å²) in [7, 11) is 0. The number of aryl methyl sites for hydroxylation is 1. The van der Waals surface area contributed by atoms with Gasteiger partial charge in [-0.2, -0.15) is 4.99 Å². The molecule has 0 aliphatic heterocycles. The highest BCUT2D eigenvalue weighted by molar-refractivity contribution is 7.16. The first-order valence-electron chi connectivity index (χ1n) is 8.22. The fourth-order valence-electron chi connectivity index (χ4n) is 2.75. The number of carbonyl (C=O) groups is 1. The summed E-state index contributed by atoms with van der Waals surface area (Å²) in [5, 5.41) is 0. The summed E-state index contributed by atoms with van der Waals surface area (Å²) in [6.07, 6.45) is 0. The van der Waals surface area contributed by atoms with Crippen LogP contribution in [0.2, 0.25) is 0 Å². The standard InChI is InChI=1S/C19H18F2N2O2S/c1-3-25-11-10-23-17-12(2)6-4-9-15(17)26-19(23)22-18(24)16-13(20)7-5-8-14(16)21/h4-9H,3,10-11H2,1-2H3. The lowest BCUT2D eigenvalue weighted by Crippen LogP contribution is -2.20.